The summed E-state index contributed by atoms with van der Waals surface area (Å²) in [5.41, 5.74) is 0. The molecule has 1 aromatic carbocycles. The number of carboxylic acids is 1. The summed E-state index contributed by atoms with van der Waals surface area (Å²) in [6.45, 7) is 2.28. The van der Waals surface area contributed by atoms with Gasteiger partial charge in [0.25, 0.3) is 0 Å². The summed E-state index contributed by atoms with van der Waals surface area (Å²) in [6, 6.07) is 6.17. The van der Waals surface area contributed by atoms with Crippen LogP contribution in [0.4, 0.5) is 4.39 Å². The first-order chi connectivity index (χ1) is 9.90. The summed E-state index contributed by atoms with van der Waals surface area (Å²) >= 11 is 1.50. The number of aliphatic carboxylic acids is 1. The van der Waals surface area contributed by atoms with Crippen molar-refractivity contribution in [1.82, 2.24) is 4.90 Å². The van der Waals surface area contributed by atoms with Crippen molar-refractivity contribution in [3.05, 3.63) is 30.1 Å². The Labute approximate surface area is 128 Å². The quantitative estimate of drug-likeness (QED) is 0.750. The zero-order valence-corrected chi connectivity index (χ0v) is 13.0. The molecule has 0 aromatic heterocycles. The minimum absolute atomic E-state index is 0.00463. The van der Waals surface area contributed by atoms with Crippen LogP contribution in [0.1, 0.15) is 19.8 Å². The van der Waals surface area contributed by atoms with E-state index in [2.05, 4.69) is 0 Å². The molecule has 0 saturated heterocycles. The van der Waals surface area contributed by atoms with Gasteiger partial charge in [-0.05, 0) is 30.7 Å². The van der Waals surface area contributed by atoms with Crippen LogP contribution in [0.3, 0.4) is 0 Å². The Balaban J connectivity index is 2.36. The maximum atomic E-state index is 12.8. The number of carbonyl (C=O) groups is 2. The van der Waals surface area contributed by atoms with E-state index in [0.717, 1.165) is 4.90 Å². The molecule has 0 fully saturated rings. The Morgan fingerprint density at radius 2 is 1.95 bits per heavy atom. The fraction of sp³-hybridized carbons (Fsp3) is 0.467. The van der Waals surface area contributed by atoms with Gasteiger partial charge in [-0.25, -0.2) is 4.39 Å². The van der Waals surface area contributed by atoms with Crippen LogP contribution in [0.15, 0.2) is 29.2 Å². The van der Waals surface area contributed by atoms with Gasteiger partial charge < -0.3 is 10.0 Å². The second-order valence-corrected chi connectivity index (χ2v) is 6.02. The molecule has 6 heteroatoms. The third-order valence-corrected chi connectivity index (χ3v) is 4.27. The number of thioether (sulfide) groups is 1. The van der Waals surface area contributed by atoms with Gasteiger partial charge in [0.2, 0.25) is 5.91 Å². The lowest BCUT2D eigenvalue weighted by Crippen LogP contribution is -2.33. The van der Waals surface area contributed by atoms with E-state index in [1.807, 2.05) is 6.92 Å². The number of carboxylic acid groups (broad SMARTS) is 1. The average Bonchev–Trinajstić information content (AvgIpc) is 2.45. The lowest BCUT2D eigenvalue weighted by atomic mass is 10.2. The number of rotatable bonds is 8. The number of hydrogen-bond acceptors (Lipinski definition) is 3. The topological polar surface area (TPSA) is 57.6 Å². The van der Waals surface area contributed by atoms with E-state index in [0.29, 0.717) is 18.7 Å². The predicted molar refractivity (Wildman–Crippen MR) is 80.8 cm³/mol. The fourth-order valence-electron chi connectivity index (χ4n) is 1.78. The lowest BCUT2D eigenvalue weighted by molar-refractivity contribution is -0.138. The van der Waals surface area contributed by atoms with Crippen molar-refractivity contribution in [2.75, 3.05) is 19.3 Å². The standard InChI is InChI=1S/C15H20FNO3S/c1-11(10-21-13-7-5-12(16)6-8-13)15(20)17(2)9-3-4-14(18)19/h5-8,11H,3-4,9-10H2,1-2H3,(H,18,19). The molecule has 1 unspecified atom stereocenters. The molecule has 1 aromatic rings. The Bertz CT molecular complexity index is 478. The van der Waals surface area contributed by atoms with E-state index in [1.165, 1.54) is 23.9 Å². The number of nitrogens with zero attached hydrogens (tertiary/aromatic N) is 1. The first-order valence-electron chi connectivity index (χ1n) is 6.75. The number of carbonyl (C=O) groups excluding carboxylic acids is 1. The van der Waals surface area contributed by atoms with Gasteiger partial charge in [0.15, 0.2) is 0 Å². The molecule has 1 amide bonds. The first-order valence-corrected chi connectivity index (χ1v) is 7.74. The highest BCUT2D eigenvalue weighted by atomic mass is 32.2. The number of hydrogen-bond donors (Lipinski definition) is 1. The van der Waals surface area contributed by atoms with Gasteiger partial charge in [-0.15, -0.1) is 11.8 Å². The van der Waals surface area contributed by atoms with E-state index in [9.17, 15) is 14.0 Å². The van der Waals surface area contributed by atoms with Gasteiger partial charge in [-0.3, -0.25) is 9.59 Å². The van der Waals surface area contributed by atoms with E-state index in [4.69, 9.17) is 5.11 Å². The van der Waals surface area contributed by atoms with Gasteiger partial charge in [-0.2, -0.15) is 0 Å². The molecule has 0 bridgehead atoms. The monoisotopic (exact) mass is 313 g/mol. The van der Waals surface area contributed by atoms with Crippen LogP contribution in [0, 0.1) is 11.7 Å². The van der Waals surface area contributed by atoms with Gasteiger partial charge >= 0.3 is 5.97 Å². The summed E-state index contributed by atoms with van der Waals surface area (Å²) in [6.07, 6.45) is 0.520. The molecular weight excluding hydrogens is 293 g/mol. The zero-order chi connectivity index (χ0) is 15.8. The molecule has 1 atom stereocenters. The minimum Gasteiger partial charge on any atom is -0.481 e. The third-order valence-electron chi connectivity index (χ3n) is 3.00. The Morgan fingerprint density at radius 3 is 2.52 bits per heavy atom. The molecule has 1 rings (SSSR count). The SMILES string of the molecule is CC(CSc1ccc(F)cc1)C(=O)N(C)CCCC(=O)O. The molecule has 116 valence electrons. The van der Waals surface area contributed by atoms with Crippen molar-refractivity contribution >= 4 is 23.6 Å². The van der Waals surface area contributed by atoms with E-state index in [1.54, 1.807) is 24.1 Å². The molecule has 0 spiro atoms. The highest BCUT2D eigenvalue weighted by Crippen LogP contribution is 2.21. The van der Waals surface area contributed by atoms with E-state index < -0.39 is 5.97 Å². The molecule has 0 aliphatic heterocycles. The Kier molecular flexibility index (Phi) is 7.22. The van der Waals surface area contributed by atoms with Crippen LogP contribution in [0.25, 0.3) is 0 Å². The normalized spacial score (nSPS) is 12.0. The van der Waals surface area contributed by atoms with Crippen molar-refractivity contribution in [1.29, 1.82) is 0 Å². The summed E-state index contributed by atoms with van der Waals surface area (Å²) < 4.78 is 12.8. The molecule has 0 radical (unpaired) electrons. The summed E-state index contributed by atoms with van der Waals surface area (Å²) in [4.78, 5) is 25.0. The van der Waals surface area contributed by atoms with E-state index >= 15 is 0 Å². The van der Waals surface area contributed by atoms with E-state index in [-0.39, 0.29) is 24.1 Å². The highest BCUT2D eigenvalue weighted by Gasteiger charge is 2.17. The van der Waals surface area contributed by atoms with Crippen LogP contribution >= 0.6 is 11.8 Å². The average molecular weight is 313 g/mol. The largest absolute Gasteiger partial charge is 0.481 e. The van der Waals surface area contributed by atoms with Gasteiger partial charge in [0, 0.05) is 36.6 Å². The maximum Gasteiger partial charge on any atom is 0.303 e. The molecular formula is C15H20FNO3S. The van der Waals surface area contributed by atoms with Crippen molar-refractivity contribution in [3.8, 4) is 0 Å². The maximum absolute atomic E-state index is 12.8. The molecule has 21 heavy (non-hydrogen) atoms. The number of amides is 1. The fourth-order valence-corrected chi connectivity index (χ4v) is 2.69. The highest BCUT2D eigenvalue weighted by molar-refractivity contribution is 7.99. The lowest BCUT2D eigenvalue weighted by Gasteiger charge is -2.21. The molecule has 1 N–H and O–H groups in total. The van der Waals surface area contributed by atoms with Crippen molar-refractivity contribution < 1.29 is 19.1 Å². The van der Waals surface area contributed by atoms with Gasteiger partial charge in [0.05, 0.1) is 0 Å². The smallest absolute Gasteiger partial charge is 0.303 e. The Hall–Kier alpha value is -1.56. The third kappa shape index (κ3) is 6.62. The van der Waals surface area contributed by atoms with Crippen LogP contribution in [0.2, 0.25) is 0 Å². The first kappa shape index (κ1) is 17.5. The van der Waals surface area contributed by atoms with Crippen LogP contribution in [-0.4, -0.2) is 41.2 Å². The minimum atomic E-state index is -0.851. The second kappa shape index (κ2) is 8.67. The summed E-state index contributed by atoms with van der Waals surface area (Å²) in [5, 5.41) is 8.57. The van der Waals surface area contributed by atoms with Crippen LogP contribution < -0.4 is 0 Å². The second-order valence-electron chi connectivity index (χ2n) is 4.92. The molecule has 0 aliphatic carbocycles. The number of halogens is 1. The molecule has 0 saturated carbocycles. The number of benzene rings is 1. The Morgan fingerprint density at radius 1 is 1.33 bits per heavy atom. The molecule has 0 aliphatic rings. The van der Waals surface area contributed by atoms with Crippen LogP contribution in [0.5, 0.6) is 0 Å². The predicted octanol–water partition coefficient (Wildman–Crippen LogP) is 2.88. The van der Waals surface area contributed by atoms with Crippen molar-refractivity contribution in [2.24, 2.45) is 5.92 Å². The van der Waals surface area contributed by atoms with Gasteiger partial charge in [0.1, 0.15) is 5.82 Å². The van der Waals surface area contributed by atoms with Crippen molar-refractivity contribution in [2.45, 2.75) is 24.7 Å². The zero-order valence-electron chi connectivity index (χ0n) is 12.2. The molecule has 4 nitrogen and oxygen atoms in total. The van der Waals surface area contributed by atoms with Gasteiger partial charge in [-0.1, -0.05) is 6.92 Å². The van der Waals surface area contributed by atoms with Crippen LogP contribution in [-0.2, 0) is 9.59 Å². The van der Waals surface area contributed by atoms with Crippen molar-refractivity contribution in [3.63, 3.8) is 0 Å². The molecule has 0 heterocycles. The summed E-state index contributed by atoms with van der Waals surface area (Å²) in [5.74, 6) is -0.699. The summed E-state index contributed by atoms with van der Waals surface area (Å²) in [7, 11) is 1.68.